The number of carbonyl (C=O) groups excluding carboxylic acids is 2. The highest BCUT2D eigenvalue weighted by atomic mass is 35.5. The van der Waals surface area contributed by atoms with E-state index in [0.717, 1.165) is 0 Å². The summed E-state index contributed by atoms with van der Waals surface area (Å²) in [7, 11) is 3.06. The van der Waals surface area contributed by atoms with Crippen LogP contribution in [0.4, 0.5) is 0 Å². The van der Waals surface area contributed by atoms with Crippen molar-refractivity contribution in [3.05, 3.63) is 58.6 Å². The monoisotopic (exact) mass is 377 g/mol. The van der Waals surface area contributed by atoms with Crippen molar-refractivity contribution in [2.75, 3.05) is 20.8 Å². The predicted molar refractivity (Wildman–Crippen MR) is 97.7 cm³/mol. The van der Waals surface area contributed by atoms with E-state index >= 15 is 0 Å². The Kier molecular flexibility index (Phi) is 7.29. The summed E-state index contributed by atoms with van der Waals surface area (Å²) in [4.78, 5) is 23.9. The molecule has 0 radical (unpaired) electrons. The summed E-state index contributed by atoms with van der Waals surface area (Å²) in [6.07, 6.45) is 0.0441. The SMILES string of the molecule is COc1cccc(COC(=O)CCNC(=O)c2ccccc2Cl)c1OC. The lowest BCUT2D eigenvalue weighted by Gasteiger charge is -2.13. The van der Waals surface area contributed by atoms with E-state index in [-0.39, 0.29) is 25.5 Å². The molecule has 138 valence electrons. The minimum atomic E-state index is -0.436. The topological polar surface area (TPSA) is 73.9 Å². The molecule has 7 heteroatoms. The zero-order chi connectivity index (χ0) is 18.9. The number of esters is 1. The number of amides is 1. The van der Waals surface area contributed by atoms with Crippen molar-refractivity contribution in [1.29, 1.82) is 0 Å². The van der Waals surface area contributed by atoms with E-state index in [1.807, 2.05) is 0 Å². The Hall–Kier alpha value is -2.73. The van der Waals surface area contributed by atoms with Crippen LogP contribution in [0.1, 0.15) is 22.3 Å². The lowest BCUT2D eigenvalue weighted by atomic mass is 10.2. The van der Waals surface area contributed by atoms with E-state index in [0.29, 0.717) is 27.6 Å². The molecule has 2 aromatic rings. The van der Waals surface area contributed by atoms with Gasteiger partial charge in [0.15, 0.2) is 11.5 Å². The minimum Gasteiger partial charge on any atom is -0.493 e. The van der Waals surface area contributed by atoms with Crippen LogP contribution >= 0.6 is 11.6 Å². The number of carbonyl (C=O) groups is 2. The first-order valence-corrected chi connectivity index (χ1v) is 8.32. The molecule has 0 atom stereocenters. The number of methoxy groups -OCH3 is 2. The van der Waals surface area contributed by atoms with Crippen molar-refractivity contribution < 1.29 is 23.8 Å². The molecule has 0 saturated heterocycles. The van der Waals surface area contributed by atoms with E-state index in [1.165, 1.54) is 14.2 Å². The molecule has 6 nitrogen and oxygen atoms in total. The van der Waals surface area contributed by atoms with Gasteiger partial charge >= 0.3 is 5.97 Å². The number of nitrogens with one attached hydrogen (secondary N) is 1. The summed E-state index contributed by atoms with van der Waals surface area (Å²) in [6.45, 7) is 0.204. The number of rotatable bonds is 8. The molecule has 2 rings (SSSR count). The first kappa shape index (κ1) is 19.6. The maximum Gasteiger partial charge on any atom is 0.307 e. The molecule has 0 bridgehead atoms. The maximum absolute atomic E-state index is 12.0. The molecule has 0 aliphatic carbocycles. The summed E-state index contributed by atoms with van der Waals surface area (Å²) >= 11 is 5.96. The molecule has 1 amide bonds. The van der Waals surface area contributed by atoms with E-state index < -0.39 is 5.97 Å². The predicted octanol–water partition coefficient (Wildman–Crippen LogP) is 3.22. The summed E-state index contributed by atoms with van der Waals surface area (Å²) in [5, 5.41) is 3.00. The van der Waals surface area contributed by atoms with Crippen LogP contribution in [0.5, 0.6) is 11.5 Å². The molecule has 0 saturated carbocycles. The Morgan fingerprint density at radius 3 is 2.50 bits per heavy atom. The average Bonchev–Trinajstić information content (AvgIpc) is 2.66. The van der Waals surface area contributed by atoms with Crippen molar-refractivity contribution in [3.63, 3.8) is 0 Å². The smallest absolute Gasteiger partial charge is 0.307 e. The molecular formula is C19H20ClNO5. The number of halogens is 1. The zero-order valence-corrected chi connectivity index (χ0v) is 15.3. The third-order valence-electron chi connectivity index (χ3n) is 3.61. The molecule has 0 aromatic heterocycles. The maximum atomic E-state index is 12.0. The fourth-order valence-corrected chi connectivity index (χ4v) is 2.54. The molecule has 0 unspecified atom stereocenters. The fourth-order valence-electron chi connectivity index (χ4n) is 2.32. The van der Waals surface area contributed by atoms with Crippen LogP contribution in [0.15, 0.2) is 42.5 Å². The Morgan fingerprint density at radius 1 is 1.04 bits per heavy atom. The van der Waals surface area contributed by atoms with Crippen molar-refractivity contribution in [2.24, 2.45) is 0 Å². The van der Waals surface area contributed by atoms with Crippen LogP contribution in [0, 0.1) is 0 Å². The highest BCUT2D eigenvalue weighted by Crippen LogP contribution is 2.31. The Bertz CT molecular complexity index is 778. The van der Waals surface area contributed by atoms with Gasteiger partial charge in [-0.05, 0) is 18.2 Å². The van der Waals surface area contributed by atoms with E-state index in [1.54, 1.807) is 42.5 Å². The Balaban J connectivity index is 1.81. The molecule has 0 fully saturated rings. The van der Waals surface area contributed by atoms with Gasteiger partial charge < -0.3 is 19.5 Å². The second-order valence-electron chi connectivity index (χ2n) is 5.30. The summed E-state index contributed by atoms with van der Waals surface area (Å²) < 4.78 is 15.7. The van der Waals surface area contributed by atoms with Gasteiger partial charge in [0, 0.05) is 12.1 Å². The zero-order valence-electron chi connectivity index (χ0n) is 14.6. The molecule has 0 spiro atoms. The molecule has 0 aliphatic rings. The first-order valence-electron chi connectivity index (χ1n) is 7.95. The lowest BCUT2D eigenvalue weighted by Crippen LogP contribution is -2.26. The third kappa shape index (κ3) is 5.13. The summed E-state index contributed by atoms with van der Waals surface area (Å²) in [5.74, 6) is 0.315. The van der Waals surface area contributed by atoms with Crippen LogP contribution in [0.2, 0.25) is 5.02 Å². The van der Waals surface area contributed by atoms with Crippen molar-refractivity contribution in [3.8, 4) is 11.5 Å². The number of hydrogen-bond donors (Lipinski definition) is 1. The van der Waals surface area contributed by atoms with E-state index in [2.05, 4.69) is 5.32 Å². The van der Waals surface area contributed by atoms with Crippen LogP contribution in [-0.2, 0) is 16.1 Å². The minimum absolute atomic E-state index is 0.0441. The molecule has 0 aliphatic heterocycles. The quantitative estimate of drug-likeness (QED) is 0.715. The first-order chi connectivity index (χ1) is 12.6. The normalized spacial score (nSPS) is 10.1. The van der Waals surface area contributed by atoms with Crippen LogP contribution in [0.25, 0.3) is 0 Å². The van der Waals surface area contributed by atoms with Gasteiger partial charge in [-0.1, -0.05) is 35.9 Å². The summed E-state index contributed by atoms with van der Waals surface area (Å²) in [6, 6.07) is 12.0. The van der Waals surface area contributed by atoms with Gasteiger partial charge in [-0.3, -0.25) is 9.59 Å². The molecule has 1 N–H and O–H groups in total. The highest BCUT2D eigenvalue weighted by molar-refractivity contribution is 6.33. The van der Waals surface area contributed by atoms with Gasteiger partial charge in [0.05, 0.1) is 31.2 Å². The van der Waals surface area contributed by atoms with Crippen LogP contribution in [-0.4, -0.2) is 32.6 Å². The fraction of sp³-hybridized carbons (Fsp3) is 0.263. The second-order valence-corrected chi connectivity index (χ2v) is 5.71. The highest BCUT2D eigenvalue weighted by Gasteiger charge is 2.13. The van der Waals surface area contributed by atoms with Gasteiger partial charge in [0.25, 0.3) is 5.91 Å². The molecule has 2 aromatic carbocycles. The summed E-state index contributed by atoms with van der Waals surface area (Å²) in [5.41, 5.74) is 1.06. The molecule has 26 heavy (non-hydrogen) atoms. The third-order valence-corrected chi connectivity index (χ3v) is 3.94. The Labute approximate surface area is 157 Å². The molecule has 0 heterocycles. The van der Waals surface area contributed by atoms with Crippen molar-refractivity contribution in [1.82, 2.24) is 5.32 Å². The number of ether oxygens (including phenoxy) is 3. The largest absolute Gasteiger partial charge is 0.493 e. The van der Waals surface area contributed by atoms with Gasteiger partial charge in [-0.25, -0.2) is 0 Å². The second kappa shape index (κ2) is 9.68. The Morgan fingerprint density at radius 2 is 1.81 bits per heavy atom. The number of benzene rings is 2. The lowest BCUT2D eigenvalue weighted by molar-refractivity contribution is -0.144. The number of hydrogen-bond acceptors (Lipinski definition) is 5. The van der Waals surface area contributed by atoms with Gasteiger partial charge in [-0.2, -0.15) is 0 Å². The van der Waals surface area contributed by atoms with Crippen molar-refractivity contribution in [2.45, 2.75) is 13.0 Å². The van der Waals surface area contributed by atoms with Crippen molar-refractivity contribution >= 4 is 23.5 Å². The van der Waals surface area contributed by atoms with E-state index in [9.17, 15) is 9.59 Å². The van der Waals surface area contributed by atoms with Crippen LogP contribution in [0.3, 0.4) is 0 Å². The number of para-hydroxylation sites is 1. The van der Waals surface area contributed by atoms with Gasteiger partial charge in [0.2, 0.25) is 0 Å². The van der Waals surface area contributed by atoms with Crippen LogP contribution < -0.4 is 14.8 Å². The standard InChI is InChI=1S/C19H20ClNO5/c1-24-16-9-5-6-13(18(16)25-2)12-26-17(22)10-11-21-19(23)14-7-3-4-8-15(14)20/h3-9H,10-12H2,1-2H3,(H,21,23). The van der Waals surface area contributed by atoms with E-state index in [4.69, 9.17) is 25.8 Å². The van der Waals surface area contributed by atoms with Gasteiger partial charge in [0.1, 0.15) is 6.61 Å². The average molecular weight is 378 g/mol. The molecular weight excluding hydrogens is 358 g/mol. The van der Waals surface area contributed by atoms with Gasteiger partial charge in [-0.15, -0.1) is 0 Å².